The van der Waals surface area contributed by atoms with E-state index in [1.807, 2.05) is 0 Å². The van der Waals surface area contributed by atoms with Crippen LogP contribution in [0.3, 0.4) is 0 Å². The SMILES string of the molecule is COc1ccc(-c2cc3c(cc2OC)OC(C(F)(F)F)C(C(=O)O)=C3)cn1. The van der Waals surface area contributed by atoms with Gasteiger partial charge in [0.2, 0.25) is 12.0 Å². The van der Waals surface area contributed by atoms with Crippen molar-refractivity contribution in [3.8, 4) is 28.5 Å². The zero-order valence-corrected chi connectivity index (χ0v) is 14.2. The molecule has 27 heavy (non-hydrogen) atoms. The van der Waals surface area contributed by atoms with Gasteiger partial charge in [0.05, 0.1) is 19.8 Å². The number of aliphatic carboxylic acids is 1. The number of halogens is 3. The highest BCUT2D eigenvalue weighted by Gasteiger charge is 2.48. The molecule has 1 unspecified atom stereocenters. The maximum atomic E-state index is 13.2. The van der Waals surface area contributed by atoms with Gasteiger partial charge >= 0.3 is 12.1 Å². The minimum atomic E-state index is -4.87. The van der Waals surface area contributed by atoms with Crippen LogP contribution in [0.25, 0.3) is 17.2 Å². The van der Waals surface area contributed by atoms with Gasteiger partial charge in [0.25, 0.3) is 0 Å². The Bertz CT molecular complexity index is 906. The summed E-state index contributed by atoms with van der Waals surface area (Å²) >= 11 is 0. The fourth-order valence-corrected chi connectivity index (χ4v) is 2.70. The highest BCUT2D eigenvalue weighted by Crippen LogP contribution is 2.42. The largest absolute Gasteiger partial charge is 0.496 e. The van der Waals surface area contributed by atoms with Crippen molar-refractivity contribution >= 4 is 12.0 Å². The number of methoxy groups -OCH3 is 2. The number of carbonyl (C=O) groups is 1. The highest BCUT2D eigenvalue weighted by atomic mass is 19.4. The van der Waals surface area contributed by atoms with Gasteiger partial charge in [-0.3, -0.25) is 0 Å². The Morgan fingerprint density at radius 1 is 1.22 bits per heavy atom. The Morgan fingerprint density at radius 3 is 2.48 bits per heavy atom. The maximum absolute atomic E-state index is 13.2. The first-order valence-electron chi connectivity index (χ1n) is 7.65. The molecule has 2 heterocycles. The molecule has 1 aromatic carbocycles. The lowest BCUT2D eigenvalue weighted by molar-refractivity contribution is -0.187. The van der Waals surface area contributed by atoms with Crippen molar-refractivity contribution < 1.29 is 37.3 Å². The number of benzene rings is 1. The third-order valence-corrected chi connectivity index (χ3v) is 3.97. The molecular formula is C18H14F3NO5. The van der Waals surface area contributed by atoms with Crippen molar-refractivity contribution in [3.63, 3.8) is 0 Å². The number of hydrogen-bond donors (Lipinski definition) is 1. The summed E-state index contributed by atoms with van der Waals surface area (Å²) in [5.74, 6) is -1.18. The maximum Gasteiger partial charge on any atom is 0.430 e. The fourth-order valence-electron chi connectivity index (χ4n) is 2.70. The predicted molar refractivity (Wildman–Crippen MR) is 88.9 cm³/mol. The summed E-state index contributed by atoms with van der Waals surface area (Å²) < 4.78 is 54.7. The number of hydrogen-bond acceptors (Lipinski definition) is 5. The standard InChI is InChI=1S/C18H14F3NO5/c1-25-14-7-13-10(5-11(14)9-3-4-15(26-2)22-8-9)6-12(17(23)24)16(27-13)18(19,20)21/h3-8,16H,1-2H3,(H,23,24). The summed E-state index contributed by atoms with van der Waals surface area (Å²) in [5, 5.41) is 9.15. The van der Waals surface area contributed by atoms with Crippen LogP contribution in [0.15, 0.2) is 36.0 Å². The lowest BCUT2D eigenvalue weighted by atomic mass is 9.97. The Balaban J connectivity index is 2.13. The van der Waals surface area contributed by atoms with Gasteiger partial charge in [0.1, 0.15) is 11.5 Å². The molecule has 142 valence electrons. The molecule has 0 saturated carbocycles. The molecule has 3 rings (SSSR count). The van der Waals surface area contributed by atoms with E-state index in [0.717, 1.165) is 6.08 Å². The predicted octanol–water partition coefficient (Wildman–Crippen LogP) is 3.56. The number of carboxylic acids is 1. The molecule has 0 bridgehead atoms. The van der Waals surface area contributed by atoms with Crippen molar-refractivity contribution in [1.29, 1.82) is 0 Å². The van der Waals surface area contributed by atoms with E-state index in [2.05, 4.69) is 4.98 Å². The zero-order valence-electron chi connectivity index (χ0n) is 14.2. The first kappa shape index (κ1) is 18.6. The third-order valence-electron chi connectivity index (χ3n) is 3.97. The summed E-state index contributed by atoms with van der Waals surface area (Å²) in [6, 6.07) is 6.10. The van der Waals surface area contributed by atoms with Crippen LogP contribution in [0.1, 0.15) is 5.56 Å². The van der Waals surface area contributed by atoms with Crippen LogP contribution in [0.2, 0.25) is 0 Å². The normalized spacial score (nSPS) is 16.0. The lowest BCUT2D eigenvalue weighted by Gasteiger charge is -2.27. The second-order valence-electron chi connectivity index (χ2n) is 5.62. The van der Waals surface area contributed by atoms with Crippen molar-refractivity contribution in [2.45, 2.75) is 12.3 Å². The molecule has 0 radical (unpaired) electrons. The first-order chi connectivity index (χ1) is 12.7. The number of alkyl halides is 3. The lowest BCUT2D eigenvalue weighted by Crippen LogP contribution is -2.40. The van der Waals surface area contributed by atoms with Gasteiger partial charge in [-0.15, -0.1) is 0 Å². The molecule has 6 nitrogen and oxygen atoms in total. The molecule has 0 fully saturated rings. The van der Waals surface area contributed by atoms with Crippen LogP contribution in [0, 0.1) is 0 Å². The second kappa shape index (κ2) is 6.82. The van der Waals surface area contributed by atoms with Crippen LogP contribution < -0.4 is 14.2 Å². The Morgan fingerprint density at radius 2 is 1.96 bits per heavy atom. The molecule has 2 aromatic rings. The molecule has 1 aliphatic heterocycles. The molecule has 9 heteroatoms. The van der Waals surface area contributed by atoms with E-state index in [4.69, 9.17) is 19.3 Å². The van der Waals surface area contributed by atoms with Gasteiger partial charge in [0.15, 0.2) is 0 Å². The second-order valence-corrected chi connectivity index (χ2v) is 5.62. The quantitative estimate of drug-likeness (QED) is 0.873. The fraction of sp³-hybridized carbons (Fsp3) is 0.222. The minimum absolute atomic E-state index is 0.121. The molecular weight excluding hydrogens is 367 g/mol. The van der Waals surface area contributed by atoms with Gasteiger partial charge in [-0.2, -0.15) is 13.2 Å². The molecule has 1 N–H and O–H groups in total. The van der Waals surface area contributed by atoms with Gasteiger partial charge in [-0.1, -0.05) is 0 Å². The Hall–Kier alpha value is -3.23. The van der Waals surface area contributed by atoms with Crippen molar-refractivity contribution in [2.24, 2.45) is 0 Å². The minimum Gasteiger partial charge on any atom is -0.496 e. The monoisotopic (exact) mass is 381 g/mol. The van der Waals surface area contributed by atoms with Crippen LogP contribution >= 0.6 is 0 Å². The van der Waals surface area contributed by atoms with E-state index in [1.165, 1.54) is 32.5 Å². The Labute approximate surface area is 151 Å². The van der Waals surface area contributed by atoms with Crippen molar-refractivity contribution in [2.75, 3.05) is 14.2 Å². The van der Waals surface area contributed by atoms with Gasteiger partial charge in [-0.05, 0) is 18.2 Å². The third kappa shape index (κ3) is 3.53. The summed E-state index contributed by atoms with van der Waals surface area (Å²) in [6.45, 7) is 0. The van der Waals surface area contributed by atoms with E-state index in [9.17, 15) is 18.0 Å². The smallest absolute Gasteiger partial charge is 0.430 e. The number of rotatable bonds is 4. The molecule has 0 spiro atoms. The van der Waals surface area contributed by atoms with E-state index >= 15 is 0 Å². The van der Waals surface area contributed by atoms with Crippen molar-refractivity contribution in [1.82, 2.24) is 4.98 Å². The first-order valence-corrected chi connectivity index (χ1v) is 7.65. The van der Waals surface area contributed by atoms with Gasteiger partial charge in [-0.25, -0.2) is 9.78 Å². The summed E-state index contributed by atoms with van der Waals surface area (Å²) in [4.78, 5) is 15.4. The van der Waals surface area contributed by atoms with E-state index < -0.39 is 23.8 Å². The summed E-state index contributed by atoms with van der Waals surface area (Å²) in [7, 11) is 2.83. The molecule has 1 aromatic heterocycles. The molecule has 0 saturated heterocycles. The summed E-state index contributed by atoms with van der Waals surface area (Å²) in [5.41, 5.74) is 0.429. The van der Waals surface area contributed by atoms with Crippen LogP contribution in [-0.2, 0) is 4.79 Å². The molecule has 1 aliphatic rings. The van der Waals surface area contributed by atoms with Gasteiger partial charge in [0, 0.05) is 35.0 Å². The number of carboxylic acid groups (broad SMARTS) is 1. The van der Waals surface area contributed by atoms with E-state index in [1.54, 1.807) is 12.1 Å². The number of pyridine rings is 1. The average Bonchev–Trinajstić information content (AvgIpc) is 2.65. The van der Waals surface area contributed by atoms with Crippen molar-refractivity contribution in [3.05, 3.63) is 41.6 Å². The Kier molecular flexibility index (Phi) is 4.69. The van der Waals surface area contributed by atoms with Gasteiger partial charge < -0.3 is 19.3 Å². The van der Waals surface area contributed by atoms with E-state index in [-0.39, 0.29) is 17.1 Å². The van der Waals surface area contributed by atoms with Crippen LogP contribution in [0.5, 0.6) is 17.4 Å². The summed E-state index contributed by atoms with van der Waals surface area (Å²) in [6.07, 6.45) is -4.96. The number of ether oxygens (including phenoxy) is 3. The molecule has 0 amide bonds. The number of aromatic nitrogens is 1. The average molecular weight is 381 g/mol. The zero-order chi connectivity index (χ0) is 19.8. The molecule has 1 atom stereocenters. The molecule has 0 aliphatic carbocycles. The highest BCUT2D eigenvalue weighted by molar-refractivity contribution is 5.95. The topological polar surface area (TPSA) is 77.9 Å². The van der Waals surface area contributed by atoms with Crippen LogP contribution in [0.4, 0.5) is 13.2 Å². The number of fused-ring (bicyclic) bond motifs is 1. The van der Waals surface area contributed by atoms with Crippen LogP contribution in [-0.4, -0.2) is 42.6 Å². The van der Waals surface area contributed by atoms with E-state index in [0.29, 0.717) is 17.0 Å². The number of nitrogens with zero attached hydrogens (tertiary/aromatic N) is 1.